The van der Waals surface area contributed by atoms with E-state index in [1.54, 1.807) is 11.8 Å². The van der Waals surface area contributed by atoms with Gasteiger partial charge in [-0.25, -0.2) is 0 Å². The van der Waals surface area contributed by atoms with Crippen molar-refractivity contribution in [2.45, 2.75) is 23.8 Å². The maximum atomic E-state index is 12.7. The van der Waals surface area contributed by atoms with Gasteiger partial charge >= 0.3 is 0 Å². The highest BCUT2D eigenvalue weighted by Crippen LogP contribution is 2.18. The maximum Gasteiger partial charge on any atom is 0.254 e. The summed E-state index contributed by atoms with van der Waals surface area (Å²) in [4.78, 5) is 15.8. The first-order valence-electron chi connectivity index (χ1n) is 8.35. The van der Waals surface area contributed by atoms with Crippen molar-refractivity contribution in [2.24, 2.45) is 0 Å². The van der Waals surface area contributed by atoms with Crippen molar-refractivity contribution >= 4 is 17.7 Å². The molecule has 1 fully saturated rings. The zero-order chi connectivity index (χ0) is 16.8. The molecule has 126 valence electrons. The average molecular weight is 341 g/mol. The number of carbonyl (C=O) groups excluding carboxylic acids is 1. The van der Waals surface area contributed by atoms with Crippen LogP contribution >= 0.6 is 11.8 Å². The summed E-state index contributed by atoms with van der Waals surface area (Å²) in [7, 11) is 0. The van der Waals surface area contributed by atoms with E-state index in [1.807, 2.05) is 41.5 Å². The van der Waals surface area contributed by atoms with E-state index >= 15 is 0 Å². The molecule has 0 spiro atoms. The lowest BCUT2D eigenvalue weighted by atomic mass is 10.1. The van der Waals surface area contributed by atoms with Crippen molar-refractivity contribution in [3.8, 4) is 0 Å². The summed E-state index contributed by atoms with van der Waals surface area (Å²) in [6.07, 6.45) is 4.08. The largest absolute Gasteiger partial charge is 0.375 e. The smallest absolute Gasteiger partial charge is 0.254 e. The summed E-state index contributed by atoms with van der Waals surface area (Å²) in [5.74, 6) is 0.107. The molecule has 1 aliphatic rings. The molecule has 2 aromatic carbocycles. The summed E-state index contributed by atoms with van der Waals surface area (Å²) in [6, 6.07) is 18.3. The van der Waals surface area contributed by atoms with E-state index in [4.69, 9.17) is 4.74 Å². The monoisotopic (exact) mass is 341 g/mol. The summed E-state index contributed by atoms with van der Waals surface area (Å²) in [6.45, 7) is 1.97. The Balaban J connectivity index is 1.57. The Kier molecular flexibility index (Phi) is 5.94. The molecule has 0 saturated carbocycles. The Morgan fingerprint density at radius 3 is 2.62 bits per heavy atom. The minimum absolute atomic E-state index is 0.107. The molecule has 0 radical (unpaired) electrons. The lowest BCUT2D eigenvalue weighted by molar-refractivity contribution is -0.0246. The SMILES string of the molecule is CSc1ccc(C(=O)N2CCO[C@H](CCc3ccccc3)C2)cc1. The number of carbonyl (C=O) groups is 1. The van der Waals surface area contributed by atoms with Crippen molar-refractivity contribution < 1.29 is 9.53 Å². The van der Waals surface area contributed by atoms with Gasteiger partial charge in [-0.2, -0.15) is 0 Å². The summed E-state index contributed by atoms with van der Waals surface area (Å²) < 4.78 is 5.86. The van der Waals surface area contributed by atoms with Gasteiger partial charge in [0.15, 0.2) is 0 Å². The van der Waals surface area contributed by atoms with Crippen LogP contribution in [-0.2, 0) is 11.2 Å². The van der Waals surface area contributed by atoms with Crippen molar-refractivity contribution in [1.82, 2.24) is 4.90 Å². The van der Waals surface area contributed by atoms with E-state index in [-0.39, 0.29) is 12.0 Å². The van der Waals surface area contributed by atoms with Crippen LogP contribution in [0.4, 0.5) is 0 Å². The van der Waals surface area contributed by atoms with Gasteiger partial charge in [-0.15, -0.1) is 11.8 Å². The third kappa shape index (κ3) is 4.40. The zero-order valence-corrected chi connectivity index (χ0v) is 14.8. The fourth-order valence-electron chi connectivity index (χ4n) is 2.97. The maximum absolute atomic E-state index is 12.7. The Hall–Kier alpha value is -1.78. The molecule has 0 aromatic heterocycles. The number of hydrogen-bond acceptors (Lipinski definition) is 3. The van der Waals surface area contributed by atoms with Crippen LogP contribution < -0.4 is 0 Å². The minimum atomic E-state index is 0.107. The molecular formula is C20H23NO2S. The zero-order valence-electron chi connectivity index (χ0n) is 14.0. The first kappa shape index (κ1) is 17.1. The van der Waals surface area contributed by atoms with E-state index in [1.165, 1.54) is 10.5 Å². The number of morpholine rings is 1. The van der Waals surface area contributed by atoms with Crippen LogP contribution in [0.3, 0.4) is 0 Å². The minimum Gasteiger partial charge on any atom is -0.375 e. The number of ether oxygens (including phenoxy) is 1. The van der Waals surface area contributed by atoms with E-state index in [0.717, 1.165) is 18.4 Å². The van der Waals surface area contributed by atoms with E-state index in [9.17, 15) is 4.79 Å². The predicted molar refractivity (Wildman–Crippen MR) is 98.6 cm³/mol. The van der Waals surface area contributed by atoms with Gasteiger partial charge in [0.05, 0.1) is 12.7 Å². The van der Waals surface area contributed by atoms with Gasteiger partial charge in [0.2, 0.25) is 0 Å². The molecule has 24 heavy (non-hydrogen) atoms. The Labute approximate surface area is 148 Å². The summed E-state index contributed by atoms with van der Waals surface area (Å²) in [5, 5.41) is 0. The first-order valence-corrected chi connectivity index (χ1v) is 9.57. The topological polar surface area (TPSA) is 29.5 Å². The van der Waals surface area contributed by atoms with Crippen LogP contribution in [0.1, 0.15) is 22.3 Å². The summed E-state index contributed by atoms with van der Waals surface area (Å²) in [5.41, 5.74) is 2.08. The van der Waals surface area contributed by atoms with E-state index in [2.05, 4.69) is 24.3 Å². The predicted octanol–water partition coefficient (Wildman–Crippen LogP) is 3.88. The highest BCUT2D eigenvalue weighted by atomic mass is 32.2. The van der Waals surface area contributed by atoms with Gasteiger partial charge in [0.25, 0.3) is 5.91 Å². The number of rotatable bonds is 5. The number of nitrogens with zero attached hydrogens (tertiary/aromatic N) is 1. The highest BCUT2D eigenvalue weighted by molar-refractivity contribution is 7.98. The molecule has 3 nitrogen and oxygen atoms in total. The first-order chi connectivity index (χ1) is 11.8. The molecule has 1 saturated heterocycles. The third-order valence-electron chi connectivity index (χ3n) is 4.36. The summed E-state index contributed by atoms with van der Waals surface area (Å²) >= 11 is 1.68. The van der Waals surface area contributed by atoms with Crippen LogP contribution in [0.2, 0.25) is 0 Å². The second-order valence-corrected chi connectivity index (χ2v) is 6.88. The molecule has 1 amide bonds. The van der Waals surface area contributed by atoms with Crippen molar-refractivity contribution in [1.29, 1.82) is 0 Å². The number of aryl methyl sites for hydroxylation is 1. The molecule has 1 aliphatic heterocycles. The van der Waals surface area contributed by atoms with Crippen LogP contribution in [0.15, 0.2) is 59.5 Å². The molecule has 0 N–H and O–H groups in total. The lowest BCUT2D eigenvalue weighted by Crippen LogP contribution is -2.45. The number of thioether (sulfide) groups is 1. The molecule has 1 atom stereocenters. The molecular weight excluding hydrogens is 318 g/mol. The fraction of sp³-hybridized carbons (Fsp3) is 0.350. The number of amides is 1. The molecule has 1 heterocycles. The molecule has 3 rings (SSSR count). The molecule has 0 unspecified atom stereocenters. The standard InChI is InChI=1S/C20H23NO2S/c1-24-19-11-8-17(9-12-19)20(22)21-13-14-23-18(15-21)10-7-16-5-3-2-4-6-16/h2-6,8-9,11-12,18H,7,10,13-15H2,1H3/t18-/m1/s1. The van der Waals surface area contributed by atoms with Crippen LogP contribution in [0.5, 0.6) is 0 Å². The van der Waals surface area contributed by atoms with Gasteiger partial charge in [-0.1, -0.05) is 30.3 Å². The molecule has 0 aliphatic carbocycles. The van der Waals surface area contributed by atoms with Crippen molar-refractivity contribution in [3.63, 3.8) is 0 Å². The Morgan fingerprint density at radius 1 is 1.17 bits per heavy atom. The Bertz CT molecular complexity index is 657. The fourth-order valence-corrected chi connectivity index (χ4v) is 3.38. The van der Waals surface area contributed by atoms with Crippen molar-refractivity contribution in [2.75, 3.05) is 26.0 Å². The quantitative estimate of drug-likeness (QED) is 0.773. The van der Waals surface area contributed by atoms with Gasteiger partial charge in [-0.05, 0) is 48.9 Å². The highest BCUT2D eigenvalue weighted by Gasteiger charge is 2.24. The van der Waals surface area contributed by atoms with Crippen LogP contribution in [0.25, 0.3) is 0 Å². The lowest BCUT2D eigenvalue weighted by Gasteiger charge is -2.33. The van der Waals surface area contributed by atoms with Crippen LogP contribution in [-0.4, -0.2) is 42.9 Å². The van der Waals surface area contributed by atoms with Crippen LogP contribution in [0, 0.1) is 0 Å². The average Bonchev–Trinajstić information content (AvgIpc) is 2.67. The molecule has 0 bridgehead atoms. The van der Waals surface area contributed by atoms with E-state index in [0.29, 0.717) is 19.7 Å². The van der Waals surface area contributed by atoms with E-state index < -0.39 is 0 Å². The Morgan fingerprint density at radius 2 is 1.92 bits per heavy atom. The molecule has 2 aromatic rings. The van der Waals surface area contributed by atoms with Crippen molar-refractivity contribution in [3.05, 3.63) is 65.7 Å². The van der Waals surface area contributed by atoms with Gasteiger partial charge in [0, 0.05) is 23.5 Å². The third-order valence-corrected chi connectivity index (χ3v) is 5.10. The van der Waals surface area contributed by atoms with Gasteiger partial charge in [-0.3, -0.25) is 4.79 Å². The number of hydrogen-bond donors (Lipinski definition) is 0. The second kappa shape index (κ2) is 8.36. The second-order valence-electron chi connectivity index (χ2n) is 6.00. The molecule has 4 heteroatoms. The normalized spacial score (nSPS) is 17.7. The van der Waals surface area contributed by atoms with Gasteiger partial charge < -0.3 is 9.64 Å². The van der Waals surface area contributed by atoms with Gasteiger partial charge in [0.1, 0.15) is 0 Å². The number of benzene rings is 2.